The first-order chi connectivity index (χ1) is 7.68. The molecule has 16 heavy (non-hydrogen) atoms. The minimum Gasteiger partial charge on any atom is -0.289 e. The monoisotopic (exact) mass is 362 g/mol. The summed E-state index contributed by atoms with van der Waals surface area (Å²) in [5.74, 6) is 0. The van der Waals surface area contributed by atoms with Gasteiger partial charge in [-0.15, -0.1) is 0 Å². The molecule has 0 aromatic heterocycles. The normalized spacial score (nSPS) is 17.4. The summed E-state index contributed by atoms with van der Waals surface area (Å²) < 4.78 is 1.80. The van der Waals surface area contributed by atoms with Crippen molar-refractivity contribution in [2.75, 3.05) is 0 Å². The van der Waals surface area contributed by atoms with E-state index in [0.29, 0.717) is 14.2 Å². The van der Waals surface area contributed by atoms with Crippen molar-refractivity contribution in [2.24, 2.45) is 0 Å². The second kappa shape index (κ2) is 5.75. The van der Waals surface area contributed by atoms with E-state index in [4.69, 9.17) is 0 Å². The molecule has 0 N–H and O–H groups in total. The van der Waals surface area contributed by atoms with Crippen LogP contribution >= 0.6 is 40.4 Å². The van der Waals surface area contributed by atoms with Gasteiger partial charge >= 0.3 is 0 Å². The summed E-state index contributed by atoms with van der Waals surface area (Å²) in [5, 5.41) is 0. The molecule has 0 aliphatic heterocycles. The number of rotatable bonds is 3. The first-order valence-electron chi connectivity index (χ1n) is 5.43. The van der Waals surface area contributed by atoms with Gasteiger partial charge in [-0.1, -0.05) is 18.9 Å². The Hall–Kier alpha value is 0.280. The van der Waals surface area contributed by atoms with Crippen molar-refractivity contribution in [3.05, 3.63) is 32.7 Å². The van der Waals surface area contributed by atoms with Crippen LogP contribution in [0.25, 0.3) is 0 Å². The summed E-state index contributed by atoms with van der Waals surface area (Å²) in [5.41, 5.74) is 1.73. The largest absolute Gasteiger partial charge is 0.289 e. The lowest BCUT2D eigenvalue weighted by molar-refractivity contribution is 0.108. The van der Waals surface area contributed by atoms with E-state index in [-0.39, 0.29) is 5.52 Å². The van der Waals surface area contributed by atoms with Gasteiger partial charge in [-0.25, -0.2) is 0 Å². The molecule has 0 radical (unpaired) electrons. The van der Waals surface area contributed by atoms with Gasteiger partial charge in [0.2, 0.25) is 0 Å². The SMILES string of the molecule is O=C(PC1CCCC1)c1c(Br)cccc1Br. The molecule has 2 rings (SSSR count). The molecular formula is C12H13Br2OP. The highest BCUT2D eigenvalue weighted by molar-refractivity contribution is 9.11. The van der Waals surface area contributed by atoms with Crippen LogP contribution in [0.4, 0.5) is 0 Å². The van der Waals surface area contributed by atoms with Crippen molar-refractivity contribution in [2.45, 2.75) is 31.3 Å². The highest BCUT2D eigenvalue weighted by Crippen LogP contribution is 2.39. The molecule has 1 fully saturated rings. The summed E-state index contributed by atoms with van der Waals surface area (Å²) in [6.45, 7) is 0. The molecule has 4 heteroatoms. The highest BCUT2D eigenvalue weighted by atomic mass is 79.9. The van der Waals surface area contributed by atoms with Crippen LogP contribution in [0.1, 0.15) is 36.0 Å². The Bertz CT molecular complexity index is 380. The molecule has 1 aromatic carbocycles. The number of halogens is 2. The minimum absolute atomic E-state index is 0.284. The summed E-state index contributed by atoms with van der Waals surface area (Å²) in [6, 6.07) is 5.79. The molecule has 1 unspecified atom stereocenters. The van der Waals surface area contributed by atoms with Gasteiger partial charge in [0.05, 0.1) is 5.56 Å². The highest BCUT2D eigenvalue weighted by Gasteiger charge is 2.21. The predicted molar refractivity (Wildman–Crippen MR) is 76.7 cm³/mol. The van der Waals surface area contributed by atoms with Crippen molar-refractivity contribution in [1.29, 1.82) is 0 Å². The van der Waals surface area contributed by atoms with E-state index in [1.165, 1.54) is 25.7 Å². The van der Waals surface area contributed by atoms with Gasteiger partial charge in [0.15, 0.2) is 5.52 Å². The number of carbonyl (C=O) groups excluding carboxylic acids is 1. The van der Waals surface area contributed by atoms with Crippen LogP contribution in [0.2, 0.25) is 0 Å². The Balaban J connectivity index is 2.13. The topological polar surface area (TPSA) is 17.1 Å². The molecule has 1 atom stereocenters. The number of carbonyl (C=O) groups is 1. The van der Waals surface area contributed by atoms with E-state index in [9.17, 15) is 4.79 Å². The predicted octanol–water partition coefficient (Wildman–Crippen LogP) is 4.97. The van der Waals surface area contributed by atoms with Crippen LogP contribution in [0.5, 0.6) is 0 Å². The van der Waals surface area contributed by atoms with Gasteiger partial charge in [0.25, 0.3) is 0 Å². The molecule has 0 saturated heterocycles. The zero-order valence-electron chi connectivity index (χ0n) is 8.80. The average molecular weight is 364 g/mol. The van der Waals surface area contributed by atoms with Crippen molar-refractivity contribution < 1.29 is 4.79 Å². The standard InChI is InChI=1S/C12H13Br2OP/c13-9-6-3-7-10(14)11(9)12(15)16-8-4-1-2-5-8/h3,6-8,16H,1-2,4-5H2. The fraction of sp³-hybridized carbons (Fsp3) is 0.417. The van der Waals surface area contributed by atoms with E-state index in [1.54, 1.807) is 0 Å². The van der Waals surface area contributed by atoms with Gasteiger partial charge in [0, 0.05) is 8.95 Å². The van der Waals surface area contributed by atoms with Gasteiger partial charge in [-0.3, -0.25) is 4.79 Å². The van der Waals surface area contributed by atoms with Crippen molar-refractivity contribution >= 4 is 46.0 Å². The van der Waals surface area contributed by atoms with Crippen LogP contribution < -0.4 is 0 Å². The molecule has 0 amide bonds. The number of hydrogen-bond donors (Lipinski definition) is 0. The Kier molecular flexibility index (Phi) is 4.57. The zero-order valence-corrected chi connectivity index (χ0v) is 13.0. The Morgan fingerprint density at radius 2 is 1.75 bits per heavy atom. The second-order valence-corrected chi connectivity index (χ2v) is 7.32. The van der Waals surface area contributed by atoms with Gasteiger partial charge in [0.1, 0.15) is 0 Å². The van der Waals surface area contributed by atoms with Crippen LogP contribution in [-0.4, -0.2) is 11.2 Å². The first-order valence-corrected chi connectivity index (χ1v) is 8.09. The summed E-state index contributed by atoms with van der Waals surface area (Å²) in [7, 11) is 0.431. The molecule has 86 valence electrons. The average Bonchev–Trinajstić information content (AvgIpc) is 2.70. The smallest absolute Gasteiger partial charge is 0.183 e. The van der Waals surface area contributed by atoms with E-state index >= 15 is 0 Å². The van der Waals surface area contributed by atoms with Gasteiger partial charge in [-0.2, -0.15) is 0 Å². The molecule has 1 nitrogen and oxygen atoms in total. The second-order valence-electron chi connectivity index (χ2n) is 4.05. The molecule has 1 aliphatic rings. The number of benzene rings is 1. The zero-order chi connectivity index (χ0) is 11.5. The minimum atomic E-state index is 0.284. The fourth-order valence-electron chi connectivity index (χ4n) is 2.04. The number of hydrogen-bond acceptors (Lipinski definition) is 1. The van der Waals surface area contributed by atoms with Crippen LogP contribution in [0.3, 0.4) is 0 Å². The Morgan fingerprint density at radius 1 is 1.19 bits per heavy atom. The Morgan fingerprint density at radius 3 is 2.31 bits per heavy atom. The summed E-state index contributed by atoms with van der Waals surface area (Å²) >= 11 is 6.90. The summed E-state index contributed by atoms with van der Waals surface area (Å²) in [4.78, 5) is 12.2. The lowest BCUT2D eigenvalue weighted by Crippen LogP contribution is -2.01. The first kappa shape index (κ1) is 12.7. The third-order valence-corrected chi connectivity index (χ3v) is 5.70. The molecule has 0 bridgehead atoms. The fourth-order valence-corrected chi connectivity index (χ4v) is 5.25. The van der Waals surface area contributed by atoms with Crippen LogP contribution in [0, 0.1) is 0 Å². The van der Waals surface area contributed by atoms with Crippen molar-refractivity contribution in [3.63, 3.8) is 0 Å². The van der Waals surface area contributed by atoms with E-state index in [1.807, 2.05) is 18.2 Å². The van der Waals surface area contributed by atoms with Gasteiger partial charge < -0.3 is 0 Å². The van der Waals surface area contributed by atoms with E-state index in [2.05, 4.69) is 31.9 Å². The molecular weight excluding hydrogens is 351 g/mol. The lowest BCUT2D eigenvalue weighted by atomic mass is 10.2. The molecule has 0 spiro atoms. The summed E-state index contributed by atoms with van der Waals surface area (Å²) in [6.07, 6.45) is 5.04. The Labute approximate surface area is 114 Å². The maximum absolute atomic E-state index is 12.2. The van der Waals surface area contributed by atoms with Crippen LogP contribution in [-0.2, 0) is 0 Å². The lowest BCUT2D eigenvalue weighted by Gasteiger charge is -2.10. The third kappa shape index (κ3) is 2.94. The van der Waals surface area contributed by atoms with Crippen molar-refractivity contribution in [3.8, 4) is 0 Å². The quantitative estimate of drug-likeness (QED) is 0.692. The molecule has 1 aliphatic carbocycles. The molecule has 1 aromatic rings. The maximum Gasteiger partial charge on any atom is 0.183 e. The maximum atomic E-state index is 12.2. The van der Waals surface area contributed by atoms with Crippen LogP contribution in [0.15, 0.2) is 27.1 Å². The van der Waals surface area contributed by atoms with Gasteiger partial charge in [-0.05, 0) is 71.1 Å². The third-order valence-electron chi connectivity index (χ3n) is 2.88. The molecule has 1 saturated carbocycles. The molecule has 0 heterocycles. The van der Waals surface area contributed by atoms with E-state index < -0.39 is 0 Å². The van der Waals surface area contributed by atoms with Crippen molar-refractivity contribution in [1.82, 2.24) is 0 Å². The van der Waals surface area contributed by atoms with E-state index in [0.717, 1.165) is 14.5 Å².